The Morgan fingerprint density at radius 2 is 2.47 bits per heavy atom. The fourth-order valence-electron chi connectivity index (χ4n) is 1.01. The van der Waals surface area contributed by atoms with E-state index in [2.05, 4.69) is 4.98 Å². The maximum absolute atomic E-state index is 9.62. The van der Waals surface area contributed by atoms with Crippen LogP contribution in [-0.2, 0) is 4.74 Å². The number of hydrogen-bond acceptors (Lipinski definition) is 5. The highest BCUT2D eigenvalue weighted by atomic mass is 16.6. The zero-order valence-electron chi connectivity index (χ0n) is 8.12. The first-order valence-corrected chi connectivity index (χ1v) is 4.33. The highest BCUT2D eigenvalue weighted by molar-refractivity contribution is 5.22. The molecule has 15 heavy (non-hydrogen) atoms. The van der Waals surface area contributed by atoms with Crippen LogP contribution < -0.4 is 0 Å². The van der Waals surface area contributed by atoms with Crippen LogP contribution in [0.2, 0.25) is 0 Å². The summed E-state index contributed by atoms with van der Waals surface area (Å²) in [7, 11) is 0. The molecule has 80 valence electrons. The van der Waals surface area contributed by atoms with Crippen LogP contribution in [0, 0.1) is 5.39 Å². The lowest BCUT2D eigenvalue weighted by Gasteiger charge is -2.01. The van der Waals surface area contributed by atoms with Gasteiger partial charge in [0.15, 0.2) is 4.98 Å². The number of hydrogen-bond donors (Lipinski definition) is 2. The van der Waals surface area contributed by atoms with Gasteiger partial charge in [-0.1, -0.05) is 0 Å². The summed E-state index contributed by atoms with van der Waals surface area (Å²) in [5.74, 6) is -0.488. The zero-order valence-corrected chi connectivity index (χ0v) is 8.12. The van der Waals surface area contributed by atoms with Gasteiger partial charge in [-0.2, -0.15) is 0 Å². The van der Waals surface area contributed by atoms with Gasteiger partial charge in [-0.3, -0.25) is 0 Å². The number of furan rings is 1. The van der Waals surface area contributed by atoms with E-state index in [1.165, 1.54) is 12.3 Å². The zero-order chi connectivity index (χ0) is 11.3. The Bertz CT molecular complexity index is 377. The molecule has 1 rings (SSSR count). The standard InChI is InChI=1S/C9H10N2O4/c1-2-14-9(13)7(11-10)8(12)6-4-3-5-15-6/h3-5,8,12H,2H2,1H3/p+1/b9-7-/t8-/m1/s1. The molecular weight excluding hydrogens is 200 g/mol. The molecule has 1 atom stereocenters. The van der Waals surface area contributed by atoms with E-state index in [0.29, 0.717) is 0 Å². The van der Waals surface area contributed by atoms with Crippen molar-refractivity contribution in [2.75, 3.05) is 6.61 Å². The van der Waals surface area contributed by atoms with Crippen LogP contribution in [-0.4, -0.2) is 16.8 Å². The number of aliphatic hydroxyl groups is 2. The van der Waals surface area contributed by atoms with Crippen LogP contribution in [0.3, 0.4) is 0 Å². The number of aliphatic hydroxyl groups excluding tert-OH is 2. The first kappa shape index (κ1) is 11.1. The third kappa shape index (κ3) is 2.48. The van der Waals surface area contributed by atoms with E-state index in [1.54, 1.807) is 13.0 Å². The summed E-state index contributed by atoms with van der Waals surface area (Å²) in [4.78, 5) is 2.76. The van der Waals surface area contributed by atoms with Crippen molar-refractivity contribution in [3.05, 3.63) is 40.8 Å². The van der Waals surface area contributed by atoms with Crippen molar-refractivity contribution < 1.29 is 19.4 Å². The van der Waals surface area contributed by atoms with Gasteiger partial charge in [-0.15, -0.1) is 0 Å². The van der Waals surface area contributed by atoms with Crippen LogP contribution in [0.25, 0.3) is 4.98 Å². The van der Waals surface area contributed by atoms with Crippen LogP contribution in [0.5, 0.6) is 0 Å². The molecule has 0 saturated heterocycles. The van der Waals surface area contributed by atoms with Gasteiger partial charge < -0.3 is 19.4 Å². The quantitative estimate of drug-likeness (QED) is 0.586. The van der Waals surface area contributed by atoms with Gasteiger partial charge in [-0.25, -0.2) is 0 Å². The molecule has 6 heteroatoms. The molecule has 0 saturated carbocycles. The summed E-state index contributed by atoms with van der Waals surface area (Å²) in [6.07, 6.45) is -0.0119. The normalized spacial score (nSPS) is 13.9. The van der Waals surface area contributed by atoms with Crippen molar-refractivity contribution in [3.8, 4) is 0 Å². The summed E-state index contributed by atoms with van der Waals surface area (Å²) in [6, 6.07) is 3.04. The van der Waals surface area contributed by atoms with Crippen molar-refractivity contribution in [3.63, 3.8) is 0 Å². The molecule has 0 fully saturated rings. The first-order chi connectivity index (χ1) is 7.20. The summed E-state index contributed by atoms with van der Waals surface area (Å²) in [5, 5.41) is 27.5. The highest BCUT2D eigenvalue weighted by Crippen LogP contribution is 2.25. The minimum atomic E-state index is -1.36. The van der Waals surface area contributed by atoms with Crippen LogP contribution in [0.1, 0.15) is 18.8 Å². The molecule has 0 aliphatic heterocycles. The average molecular weight is 211 g/mol. The van der Waals surface area contributed by atoms with Gasteiger partial charge in [-0.05, 0) is 19.1 Å². The molecule has 1 aromatic rings. The smallest absolute Gasteiger partial charge is 0.475 e. The summed E-state index contributed by atoms with van der Waals surface area (Å²) in [6.45, 7) is 1.83. The predicted molar refractivity (Wildman–Crippen MR) is 50.0 cm³/mol. The van der Waals surface area contributed by atoms with Gasteiger partial charge in [0.25, 0.3) is 0 Å². The topological polar surface area (TPSA) is 91.0 Å². The Morgan fingerprint density at radius 1 is 1.73 bits per heavy atom. The molecule has 0 radical (unpaired) electrons. The molecule has 2 N–H and O–H groups in total. The Morgan fingerprint density at radius 3 is 2.93 bits per heavy atom. The van der Waals surface area contributed by atoms with Crippen LogP contribution in [0.15, 0.2) is 34.5 Å². The fraction of sp³-hybridized carbons (Fsp3) is 0.333. The second-order valence-corrected chi connectivity index (χ2v) is 2.64. The molecule has 1 aromatic heterocycles. The van der Waals surface area contributed by atoms with E-state index in [4.69, 9.17) is 14.5 Å². The first-order valence-electron chi connectivity index (χ1n) is 4.33. The van der Waals surface area contributed by atoms with Crippen molar-refractivity contribution in [1.29, 1.82) is 5.39 Å². The van der Waals surface area contributed by atoms with Gasteiger partial charge >= 0.3 is 11.6 Å². The van der Waals surface area contributed by atoms with Crippen molar-refractivity contribution in [2.24, 2.45) is 0 Å². The van der Waals surface area contributed by atoms with Crippen molar-refractivity contribution in [2.45, 2.75) is 13.0 Å². The molecule has 0 spiro atoms. The monoisotopic (exact) mass is 211 g/mol. The second-order valence-electron chi connectivity index (χ2n) is 2.64. The van der Waals surface area contributed by atoms with Gasteiger partial charge in [0.2, 0.25) is 11.5 Å². The number of ether oxygens (including phenoxy) is 1. The van der Waals surface area contributed by atoms with E-state index in [9.17, 15) is 10.2 Å². The number of diazo groups is 1. The minimum Gasteiger partial charge on any atom is -0.475 e. The van der Waals surface area contributed by atoms with E-state index >= 15 is 0 Å². The Labute approximate surface area is 86.0 Å². The minimum absolute atomic E-state index is 0.147. The van der Waals surface area contributed by atoms with Crippen LogP contribution >= 0.6 is 0 Å². The van der Waals surface area contributed by atoms with Gasteiger partial charge in [0.05, 0.1) is 12.9 Å². The molecule has 0 aliphatic carbocycles. The lowest BCUT2D eigenvalue weighted by Crippen LogP contribution is -2.03. The van der Waals surface area contributed by atoms with Gasteiger partial charge in [0.1, 0.15) is 5.76 Å². The molecule has 0 bridgehead atoms. The number of rotatable bonds is 4. The SMILES string of the molecule is CCO/C(O)=C(\[N+]#N)[C@H](O)c1ccco1. The van der Waals surface area contributed by atoms with E-state index in [1.807, 2.05) is 0 Å². The third-order valence-corrected chi connectivity index (χ3v) is 1.68. The lowest BCUT2D eigenvalue weighted by molar-refractivity contribution is 0.0844. The maximum Gasteiger partial charge on any atom is 0.476 e. The predicted octanol–water partition coefficient (Wildman–Crippen LogP) is 1.93. The van der Waals surface area contributed by atoms with Gasteiger partial charge in [0, 0.05) is 0 Å². The van der Waals surface area contributed by atoms with E-state index in [-0.39, 0.29) is 12.4 Å². The number of nitrogens with zero attached hydrogens (tertiary/aromatic N) is 2. The fourth-order valence-corrected chi connectivity index (χ4v) is 1.01. The maximum atomic E-state index is 9.62. The Kier molecular flexibility index (Phi) is 3.71. The van der Waals surface area contributed by atoms with E-state index in [0.717, 1.165) is 0 Å². The van der Waals surface area contributed by atoms with E-state index < -0.39 is 17.7 Å². The lowest BCUT2D eigenvalue weighted by atomic mass is 10.2. The molecule has 0 aromatic carbocycles. The summed E-state index contributed by atoms with van der Waals surface area (Å²) in [5.41, 5.74) is -0.396. The van der Waals surface area contributed by atoms with Crippen molar-refractivity contribution in [1.82, 2.24) is 0 Å². The molecular formula is C9H11N2O4+. The summed E-state index contributed by atoms with van der Waals surface area (Å²) < 4.78 is 9.58. The summed E-state index contributed by atoms with van der Waals surface area (Å²) >= 11 is 0. The van der Waals surface area contributed by atoms with Crippen molar-refractivity contribution >= 4 is 0 Å². The average Bonchev–Trinajstić information content (AvgIpc) is 2.71. The highest BCUT2D eigenvalue weighted by Gasteiger charge is 2.34. The molecule has 6 nitrogen and oxygen atoms in total. The Hall–Kier alpha value is -2.00. The second kappa shape index (κ2) is 5.02. The molecule has 0 unspecified atom stereocenters. The molecule has 0 aliphatic rings. The largest absolute Gasteiger partial charge is 0.476 e. The molecule has 1 heterocycles. The third-order valence-electron chi connectivity index (χ3n) is 1.68. The Balaban J connectivity index is 2.94. The van der Waals surface area contributed by atoms with Crippen LogP contribution in [0.4, 0.5) is 0 Å². The molecule has 0 amide bonds.